The highest BCUT2D eigenvalue weighted by atomic mass is 16.5. The maximum absolute atomic E-state index is 12.5. The van der Waals surface area contributed by atoms with Gasteiger partial charge in [-0.25, -0.2) is 10.2 Å². The molecule has 181 valence electrons. The minimum atomic E-state index is -0.337. The lowest BCUT2D eigenvalue weighted by atomic mass is 9.81. The van der Waals surface area contributed by atoms with Gasteiger partial charge in [0, 0.05) is 38.4 Å². The maximum Gasteiger partial charge on any atom is 0.329 e. The number of hydrogen-bond donors (Lipinski definition) is 5. The fraction of sp³-hybridized carbons (Fsp3) is 0.773. The fourth-order valence-corrected chi connectivity index (χ4v) is 4.40. The number of carbonyl (C=O) groups is 4. The molecule has 2 fully saturated rings. The lowest BCUT2D eigenvalue weighted by Gasteiger charge is -2.27. The second-order valence-electron chi connectivity index (χ2n) is 8.74. The third kappa shape index (κ3) is 8.64. The van der Waals surface area contributed by atoms with Crippen LogP contribution < -0.4 is 26.8 Å². The van der Waals surface area contributed by atoms with Crippen molar-refractivity contribution in [2.24, 2.45) is 17.8 Å². The number of amides is 4. The van der Waals surface area contributed by atoms with Crippen LogP contribution in [0.2, 0.25) is 0 Å². The van der Waals surface area contributed by atoms with Gasteiger partial charge in [0.25, 0.3) is 0 Å². The minimum absolute atomic E-state index is 0.0682. The lowest BCUT2D eigenvalue weighted by Crippen LogP contribution is -2.49. The molecule has 0 aromatic carbocycles. The molecule has 0 aromatic rings. The van der Waals surface area contributed by atoms with Crippen molar-refractivity contribution in [1.29, 1.82) is 0 Å². The number of ether oxygens (including phenoxy) is 1. The molecule has 0 heterocycles. The van der Waals surface area contributed by atoms with E-state index in [0.29, 0.717) is 38.1 Å². The van der Waals surface area contributed by atoms with Gasteiger partial charge in [0.15, 0.2) is 0 Å². The Bertz CT molecular complexity index is 651. The number of esters is 1. The van der Waals surface area contributed by atoms with E-state index in [2.05, 4.69) is 26.8 Å². The number of rotatable bonds is 10. The van der Waals surface area contributed by atoms with Gasteiger partial charge in [0.05, 0.1) is 6.54 Å². The Morgan fingerprint density at radius 2 is 1.69 bits per heavy atom. The van der Waals surface area contributed by atoms with Crippen LogP contribution in [0.15, 0.2) is 0 Å². The van der Waals surface area contributed by atoms with E-state index in [1.54, 1.807) is 13.6 Å². The first-order valence-electron chi connectivity index (χ1n) is 11.6. The molecule has 3 atom stereocenters. The Morgan fingerprint density at radius 3 is 2.31 bits per heavy atom. The van der Waals surface area contributed by atoms with Gasteiger partial charge in [-0.2, -0.15) is 0 Å². The molecule has 5 N–H and O–H groups in total. The molecular formula is C22H38N5O5. The van der Waals surface area contributed by atoms with Gasteiger partial charge in [0.1, 0.15) is 6.10 Å². The third-order valence-corrected chi connectivity index (χ3v) is 6.34. The Balaban J connectivity index is 1.59. The van der Waals surface area contributed by atoms with E-state index >= 15 is 0 Å². The average molecular weight is 453 g/mol. The summed E-state index contributed by atoms with van der Waals surface area (Å²) in [5, 5.41) is 8.50. The monoisotopic (exact) mass is 452 g/mol. The molecule has 2 saturated carbocycles. The lowest BCUT2D eigenvalue weighted by molar-refractivity contribution is -0.146. The summed E-state index contributed by atoms with van der Waals surface area (Å²) in [5.74, 6) is -0.00249. The molecule has 10 nitrogen and oxygen atoms in total. The minimum Gasteiger partial charge on any atom is -0.463 e. The molecule has 2 aliphatic carbocycles. The first-order valence-corrected chi connectivity index (χ1v) is 11.6. The van der Waals surface area contributed by atoms with Crippen LogP contribution in [-0.4, -0.2) is 49.6 Å². The highest BCUT2D eigenvalue weighted by Crippen LogP contribution is 2.29. The summed E-state index contributed by atoms with van der Waals surface area (Å²) >= 11 is 0. The number of carbonyl (C=O) groups excluding carboxylic acids is 4. The van der Waals surface area contributed by atoms with Crippen molar-refractivity contribution in [2.75, 3.05) is 13.6 Å². The van der Waals surface area contributed by atoms with E-state index < -0.39 is 0 Å². The molecule has 4 amide bonds. The molecule has 0 bridgehead atoms. The number of hydrogen-bond acceptors (Lipinski definition) is 6. The van der Waals surface area contributed by atoms with Gasteiger partial charge < -0.3 is 20.7 Å². The zero-order valence-corrected chi connectivity index (χ0v) is 19.4. The average Bonchev–Trinajstić information content (AvgIpc) is 3.24. The molecule has 1 radical (unpaired) electrons. The number of nitrogens with one attached hydrogen (secondary N) is 5. The Hall–Kier alpha value is -2.36. The fourth-order valence-electron chi connectivity index (χ4n) is 4.40. The largest absolute Gasteiger partial charge is 0.463 e. The predicted octanol–water partition coefficient (Wildman–Crippen LogP) is 1.13. The smallest absolute Gasteiger partial charge is 0.329 e. The summed E-state index contributed by atoms with van der Waals surface area (Å²) in [5.41, 5.74) is 5.33. The van der Waals surface area contributed by atoms with E-state index in [1.807, 2.05) is 6.92 Å². The summed E-state index contributed by atoms with van der Waals surface area (Å²) in [6.07, 6.45) is 5.95. The van der Waals surface area contributed by atoms with E-state index in [-0.39, 0.29) is 47.8 Å². The zero-order chi connectivity index (χ0) is 23.5. The molecular weight excluding hydrogens is 414 g/mol. The first-order chi connectivity index (χ1) is 15.3. The van der Waals surface area contributed by atoms with Crippen LogP contribution in [-0.2, 0) is 19.1 Å². The highest BCUT2D eigenvalue weighted by Gasteiger charge is 2.32. The Labute approximate surface area is 190 Å². The molecule has 32 heavy (non-hydrogen) atoms. The third-order valence-electron chi connectivity index (χ3n) is 6.34. The van der Waals surface area contributed by atoms with Gasteiger partial charge >= 0.3 is 12.0 Å². The van der Waals surface area contributed by atoms with Crippen molar-refractivity contribution in [3.8, 4) is 0 Å². The van der Waals surface area contributed by atoms with Crippen LogP contribution in [0.3, 0.4) is 0 Å². The van der Waals surface area contributed by atoms with Gasteiger partial charge in [0.2, 0.25) is 11.8 Å². The van der Waals surface area contributed by atoms with E-state index in [4.69, 9.17) is 4.74 Å². The van der Waals surface area contributed by atoms with Crippen molar-refractivity contribution in [3.05, 3.63) is 6.54 Å². The molecule has 0 saturated heterocycles. The van der Waals surface area contributed by atoms with Gasteiger partial charge in [-0.3, -0.25) is 19.8 Å². The van der Waals surface area contributed by atoms with Crippen molar-refractivity contribution < 1.29 is 23.9 Å². The summed E-state index contributed by atoms with van der Waals surface area (Å²) in [6, 6.07) is -0.577. The summed E-state index contributed by atoms with van der Waals surface area (Å²) in [6.45, 7) is 5.52. The van der Waals surface area contributed by atoms with Crippen LogP contribution in [0.1, 0.15) is 65.2 Å². The summed E-state index contributed by atoms with van der Waals surface area (Å²) in [4.78, 5) is 47.3. The molecule has 10 heteroatoms. The molecule has 0 spiro atoms. The van der Waals surface area contributed by atoms with Gasteiger partial charge in [-0.15, -0.1) is 0 Å². The number of urea groups is 1. The molecule has 0 unspecified atom stereocenters. The topological polar surface area (TPSA) is 138 Å². The summed E-state index contributed by atoms with van der Waals surface area (Å²) in [7, 11) is 1.66. The Morgan fingerprint density at radius 1 is 1.00 bits per heavy atom. The van der Waals surface area contributed by atoms with E-state index in [9.17, 15) is 19.2 Å². The van der Waals surface area contributed by atoms with Crippen LogP contribution in [0, 0.1) is 24.3 Å². The van der Waals surface area contributed by atoms with Crippen LogP contribution in [0.5, 0.6) is 0 Å². The van der Waals surface area contributed by atoms with Crippen molar-refractivity contribution in [3.63, 3.8) is 0 Å². The van der Waals surface area contributed by atoms with Crippen LogP contribution in [0.4, 0.5) is 4.79 Å². The molecule has 0 aromatic heterocycles. The Kier molecular flexibility index (Phi) is 10.7. The SMILES string of the molecule is CC[C@@H]([CH]NNC(=O)NCC1CCC(C(=O)NC)CC1)NC(=O)[C@H]1CC[C@H](OC(C)=O)C1. The van der Waals surface area contributed by atoms with Crippen LogP contribution in [0.25, 0.3) is 0 Å². The molecule has 0 aliphatic heterocycles. The highest BCUT2D eigenvalue weighted by molar-refractivity contribution is 5.79. The van der Waals surface area contributed by atoms with Gasteiger partial charge in [-0.05, 0) is 57.3 Å². The standard InChI is InChI=1S/C22H38N5O5/c1-4-18(26-21(30)17-9-10-19(11-17)32-14(2)28)13-25-27-22(31)24-12-15-5-7-16(8-6-15)20(29)23-3/h13,15-19,25H,4-12H2,1-3H3,(H,23,29)(H,26,30)(H2,24,27,31)/t15?,16?,17-,18-,19-/m0/s1. The maximum atomic E-state index is 12.5. The molecule has 2 rings (SSSR count). The van der Waals surface area contributed by atoms with Gasteiger partial charge in [-0.1, -0.05) is 6.92 Å². The second kappa shape index (κ2) is 13.2. The zero-order valence-electron chi connectivity index (χ0n) is 19.4. The van der Waals surface area contributed by atoms with Crippen molar-refractivity contribution in [1.82, 2.24) is 26.8 Å². The predicted molar refractivity (Wildman–Crippen MR) is 119 cm³/mol. The van der Waals surface area contributed by atoms with E-state index in [1.165, 1.54) is 6.92 Å². The van der Waals surface area contributed by atoms with Crippen molar-refractivity contribution in [2.45, 2.75) is 77.4 Å². The van der Waals surface area contributed by atoms with Crippen LogP contribution >= 0.6 is 0 Å². The normalized spacial score (nSPS) is 26.0. The first kappa shape index (κ1) is 25.9. The second-order valence-corrected chi connectivity index (χ2v) is 8.74. The number of hydrazine groups is 1. The molecule has 2 aliphatic rings. The van der Waals surface area contributed by atoms with E-state index in [0.717, 1.165) is 25.7 Å². The quantitative estimate of drug-likeness (QED) is 0.249. The van der Waals surface area contributed by atoms with Crippen molar-refractivity contribution >= 4 is 23.8 Å². The summed E-state index contributed by atoms with van der Waals surface area (Å²) < 4.78 is 5.19.